The second-order valence-electron chi connectivity index (χ2n) is 5.70. The maximum Gasteiger partial charge on any atom is 0.325 e. The predicted molar refractivity (Wildman–Crippen MR) is 102 cm³/mol. The number of methoxy groups -OCH3 is 1. The summed E-state index contributed by atoms with van der Waals surface area (Å²) in [5.41, 5.74) is 1.21. The summed E-state index contributed by atoms with van der Waals surface area (Å²) in [5.74, 6) is 0.307. The third-order valence-electron chi connectivity index (χ3n) is 4.01. The van der Waals surface area contributed by atoms with Crippen LogP contribution >= 0.6 is 23.2 Å². The monoisotopic (exact) mass is 393 g/mol. The van der Waals surface area contributed by atoms with E-state index >= 15 is 0 Å². The molecule has 1 fully saturated rings. The molecule has 0 saturated carbocycles. The van der Waals surface area contributed by atoms with Crippen LogP contribution in [0.4, 0.5) is 16.2 Å². The number of nitrogens with one attached hydrogen (secondary N) is 1. The van der Waals surface area contributed by atoms with Crippen molar-refractivity contribution in [1.82, 2.24) is 4.90 Å². The third kappa shape index (κ3) is 3.86. The Balaban J connectivity index is 1.65. The van der Waals surface area contributed by atoms with Crippen LogP contribution in [-0.4, -0.2) is 43.6 Å². The number of rotatable bonds is 5. The van der Waals surface area contributed by atoms with Gasteiger partial charge in [-0.25, -0.2) is 4.79 Å². The van der Waals surface area contributed by atoms with Gasteiger partial charge < -0.3 is 15.0 Å². The summed E-state index contributed by atoms with van der Waals surface area (Å²) in [7, 11) is 1.56. The van der Waals surface area contributed by atoms with Crippen LogP contribution < -0.4 is 15.0 Å². The van der Waals surface area contributed by atoms with Crippen molar-refractivity contribution in [3.8, 4) is 5.75 Å². The minimum atomic E-state index is -0.307. The van der Waals surface area contributed by atoms with Gasteiger partial charge in [0, 0.05) is 18.8 Å². The van der Waals surface area contributed by atoms with Crippen molar-refractivity contribution in [3.63, 3.8) is 0 Å². The Morgan fingerprint density at radius 3 is 2.65 bits per heavy atom. The van der Waals surface area contributed by atoms with Gasteiger partial charge in [-0.2, -0.15) is 0 Å². The molecule has 0 atom stereocenters. The number of amides is 3. The van der Waals surface area contributed by atoms with Crippen molar-refractivity contribution in [1.29, 1.82) is 0 Å². The Labute approximate surface area is 161 Å². The molecule has 0 radical (unpaired) electrons. The first-order valence-electron chi connectivity index (χ1n) is 7.94. The highest BCUT2D eigenvalue weighted by Gasteiger charge is 2.32. The van der Waals surface area contributed by atoms with Gasteiger partial charge in [-0.15, -0.1) is 0 Å². The van der Waals surface area contributed by atoms with Gasteiger partial charge >= 0.3 is 6.03 Å². The van der Waals surface area contributed by atoms with Crippen molar-refractivity contribution < 1.29 is 14.3 Å². The van der Waals surface area contributed by atoms with Gasteiger partial charge in [0.1, 0.15) is 12.3 Å². The third-order valence-corrected chi connectivity index (χ3v) is 4.75. The van der Waals surface area contributed by atoms with Crippen LogP contribution in [0.3, 0.4) is 0 Å². The Hall–Kier alpha value is -2.44. The van der Waals surface area contributed by atoms with Crippen molar-refractivity contribution in [2.75, 3.05) is 37.0 Å². The van der Waals surface area contributed by atoms with Crippen LogP contribution in [0.1, 0.15) is 0 Å². The van der Waals surface area contributed by atoms with Gasteiger partial charge in [0.25, 0.3) is 0 Å². The Morgan fingerprint density at radius 2 is 1.92 bits per heavy atom. The molecule has 0 bridgehead atoms. The molecule has 1 aliphatic rings. The van der Waals surface area contributed by atoms with Crippen molar-refractivity contribution >= 4 is 46.5 Å². The largest absolute Gasteiger partial charge is 0.495 e. The van der Waals surface area contributed by atoms with Gasteiger partial charge in [-0.05, 0) is 30.3 Å². The molecule has 2 aromatic rings. The summed E-state index contributed by atoms with van der Waals surface area (Å²) in [5, 5.41) is 3.48. The van der Waals surface area contributed by atoms with E-state index in [-0.39, 0.29) is 18.5 Å². The first-order valence-corrected chi connectivity index (χ1v) is 8.69. The number of anilines is 2. The minimum absolute atomic E-state index is 0.0509. The van der Waals surface area contributed by atoms with E-state index in [0.29, 0.717) is 40.3 Å². The normalized spacial score (nSPS) is 13.9. The van der Waals surface area contributed by atoms with E-state index < -0.39 is 0 Å². The Kier molecular flexibility index (Phi) is 5.54. The van der Waals surface area contributed by atoms with Gasteiger partial charge in [-0.3, -0.25) is 9.69 Å². The lowest BCUT2D eigenvalue weighted by Crippen LogP contribution is -2.37. The number of ether oxygens (including phenoxy) is 1. The van der Waals surface area contributed by atoms with Crippen LogP contribution in [0.15, 0.2) is 42.5 Å². The van der Waals surface area contributed by atoms with E-state index in [1.807, 2.05) is 18.2 Å². The second-order valence-corrected chi connectivity index (χ2v) is 6.52. The molecule has 136 valence electrons. The number of carbonyl (C=O) groups excluding carboxylic acids is 2. The number of nitrogens with zero attached hydrogens (tertiary/aromatic N) is 2. The second kappa shape index (κ2) is 7.85. The van der Waals surface area contributed by atoms with E-state index in [2.05, 4.69) is 5.32 Å². The Morgan fingerprint density at radius 1 is 1.15 bits per heavy atom. The summed E-state index contributed by atoms with van der Waals surface area (Å²) in [6, 6.07) is 11.9. The zero-order chi connectivity index (χ0) is 18.7. The standard InChI is InChI=1S/C18H17Cl2N3O3/c1-26-16-5-3-2-4-15(16)23-9-8-22(18(23)25)11-17(24)21-12-6-7-13(19)14(20)10-12/h2-7,10H,8-9,11H2,1H3,(H,21,24). The summed E-state index contributed by atoms with van der Waals surface area (Å²) in [6.45, 7) is 0.885. The van der Waals surface area contributed by atoms with Crippen LogP contribution in [-0.2, 0) is 4.79 Å². The molecule has 0 aromatic heterocycles. The number of benzene rings is 2. The number of para-hydroxylation sites is 2. The quantitative estimate of drug-likeness (QED) is 0.837. The first-order chi connectivity index (χ1) is 12.5. The average Bonchev–Trinajstić information content (AvgIpc) is 2.98. The number of halogens is 2. The molecule has 3 rings (SSSR count). The van der Waals surface area contributed by atoms with Crippen LogP contribution in [0.25, 0.3) is 0 Å². The SMILES string of the molecule is COc1ccccc1N1CCN(CC(=O)Nc2ccc(Cl)c(Cl)c2)C1=O. The van der Waals surface area contributed by atoms with Crippen LogP contribution in [0, 0.1) is 0 Å². The predicted octanol–water partition coefficient (Wildman–Crippen LogP) is 3.88. The van der Waals surface area contributed by atoms with Gasteiger partial charge in [-0.1, -0.05) is 35.3 Å². The molecule has 0 spiro atoms. The summed E-state index contributed by atoms with van der Waals surface area (Å²) >= 11 is 11.8. The van der Waals surface area contributed by atoms with Crippen molar-refractivity contribution in [3.05, 3.63) is 52.5 Å². The molecule has 6 nitrogen and oxygen atoms in total. The van der Waals surface area contributed by atoms with E-state index in [1.165, 1.54) is 4.90 Å². The Bertz CT molecular complexity index is 844. The van der Waals surface area contributed by atoms with Gasteiger partial charge in [0.05, 0.1) is 22.8 Å². The molecule has 1 aliphatic heterocycles. The molecule has 1 N–H and O–H groups in total. The molecule has 26 heavy (non-hydrogen) atoms. The molecule has 3 amide bonds. The fourth-order valence-corrected chi connectivity index (χ4v) is 3.05. The van der Waals surface area contributed by atoms with E-state index in [0.717, 1.165) is 0 Å². The van der Waals surface area contributed by atoms with E-state index in [9.17, 15) is 9.59 Å². The highest BCUT2D eigenvalue weighted by molar-refractivity contribution is 6.42. The number of urea groups is 1. The number of hydrogen-bond acceptors (Lipinski definition) is 3. The minimum Gasteiger partial charge on any atom is -0.495 e. The highest BCUT2D eigenvalue weighted by atomic mass is 35.5. The lowest BCUT2D eigenvalue weighted by Gasteiger charge is -2.20. The van der Waals surface area contributed by atoms with Gasteiger partial charge in [0.2, 0.25) is 5.91 Å². The summed E-state index contributed by atoms with van der Waals surface area (Å²) in [4.78, 5) is 28.0. The zero-order valence-electron chi connectivity index (χ0n) is 14.0. The summed E-state index contributed by atoms with van der Waals surface area (Å²) < 4.78 is 5.31. The molecule has 8 heteroatoms. The number of hydrogen-bond donors (Lipinski definition) is 1. The average molecular weight is 394 g/mol. The van der Waals surface area contributed by atoms with Gasteiger partial charge in [0.15, 0.2) is 0 Å². The zero-order valence-corrected chi connectivity index (χ0v) is 15.5. The molecule has 1 saturated heterocycles. The molecule has 0 aliphatic carbocycles. The van der Waals surface area contributed by atoms with Crippen LogP contribution in [0.2, 0.25) is 10.0 Å². The molecular weight excluding hydrogens is 377 g/mol. The topological polar surface area (TPSA) is 61.9 Å². The number of carbonyl (C=O) groups is 2. The van der Waals surface area contributed by atoms with Crippen molar-refractivity contribution in [2.24, 2.45) is 0 Å². The molecule has 2 aromatic carbocycles. The van der Waals surface area contributed by atoms with E-state index in [4.69, 9.17) is 27.9 Å². The smallest absolute Gasteiger partial charge is 0.325 e. The molecule has 1 heterocycles. The maximum atomic E-state index is 12.6. The van der Waals surface area contributed by atoms with E-state index in [1.54, 1.807) is 36.3 Å². The summed E-state index contributed by atoms with van der Waals surface area (Å²) in [6.07, 6.45) is 0. The lowest BCUT2D eigenvalue weighted by molar-refractivity contribution is -0.116. The van der Waals surface area contributed by atoms with Crippen molar-refractivity contribution in [2.45, 2.75) is 0 Å². The highest BCUT2D eigenvalue weighted by Crippen LogP contribution is 2.30. The fraction of sp³-hybridized carbons (Fsp3) is 0.222. The fourth-order valence-electron chi connectivity index (χ4n) is 2.75. The molecular formula is C18H17Cl2N3O3. The lowest BCUT2D eigenvalue weighted by atomic mass is 10.2. The molecule has 0 unspecified atom stereocenters. The first kappa shape index (κ1) is 18.4. The van der Waals surface area contributed by atoms with Crippen LogP contribution in [0.5, 0.6) is 5.75 Å². The maximum absolute atomic E-state index is 12.6.